The molecule has 6 nitrogen and oxygen atoms in total. The van der Waals surface area contributed by atoms with Crippen LogP contribution in [0.2, 0.25) is 10.0 Å². The van der Waals surface area contributed by atoms with Gasteiger partial charge in [-0.25, -0.2) is 8.42 Å². The predicted octanol–water partition coefficient (Wildman–Crippen LogP) is 3.33. The number of amides is 1. The minimum absolute atomic E-state index is 0.170. The van der Waals surface area contributed by atoms with Gasteiger partial charge in [-0.2, -0.15) is 0 Å². The van der Waals surface area contributed by atoms with Crippen molar-refractivity contribution >= 4 is 50.5 Å². The first-order chi connectivity index (χ1) is 12.7. The summed E-state index contributed by atoms with van der Waals surface area (Å²) in [5.41, 5.74) is 1.71. The molecule has 0 bridgehead atoms. The number of sulfonamides is 1. The van der Waals surface area contributed by atoms with Crippen LogP contribution in [0.3, 0.4) is 0 Å². The van der Waals surface area contributed by atoms with Crippen molar-refractivity contribution in [2.24, 2.45) is 0 Å². The zero-order chi connectivity index (χ0) is 19.6. The molecule has 0 aromatic heterocycles. The van der Waals surface area contributed by atoms with Crippen molar-refractivity contribution in [2.45, 2.75) is 0 Å². The number of piperazine rings is 1. The van der Waals surface area contributed by atoms with Gasteiger partial charge in [0.25, 0.3) is 5.91 Å². The first kappa shape index (κ1) is 19.8. The molecule has 0 radical (unpaired) electrons. The number of rotatable bonds is 4. The van der Waals surface area contributed by atoms with Gasteiger partial charge in [-0.15, -0.1) is 0 Å². The summed E-state index contributed by atoms with van der Waals surface area (Å²) in [7, 11) is -3.40. The monoisotopic (exact) mass is 427 g/mol. The van der Waals surface area contributed by atoms with Crippen LogP contribution in [0.1, 0.15) is 10.4 Å². The lowest BCUT2D eigenvalue weighted by molar-refractivity contribution is 0.0747. The third kappa shape index (κ3) is 5.06. The smallest absolute Gasteiger partial charge is 0.255 e. The van der Waals surface area contributed by atoms with Crippen LogP contribution in [0, 0.1) is 0 Å². The Kier molecular flexibility index (Phi) is 5.83. The number of benzene rings is 2. The van der Waals surface area contributed by atoms with E-state index in [2.05, 4.69) is 9.62 Å². The molecule has 1 heterocycles. The summed E-state index contributed by atoms with van der Waals surface area (Å²) in [5.74, 6) is -0.170. The highest BCUT2D eigenvalue weighted by molar-refractivity contribution is 7.92. The Bertz CT molecular complexity index is 958. The van der Waals surface area contributed by atoms with E-state index in [0.717, 1.165) is 11.9 Å². The van der Waals surface area contributed by atoms with Gasteiger partial charge in [0.15, 0.2) is 0 Å². The van der Waals surface area contributed by atoms with Crippen molar-refractivity contribution in [3.8, 4) is 0 Å². The van der Waals surface area contributed by atoms with Crippen molar-refractivity contribution in [1.82, 2.24) is 4.90 Å². The minimum Gasteiger partial charge on any atom is -0.368 e. The highest BCUT2D eigenvalue weighted by atomic mass is 35.5. The summed E-state index contributed by atoms with van der Waals surface area (Å²) >= 11 is 12.3. The molecule has 0 unspecified atom stereocenters. The van der Waals surface area contributed by atoms with Gasteiger partial charge in [0.2, 0.25) is 10.0 Å². The highest BCUT2D eigenvalue weighted by Gasteiger charge is 2.24. The number of nitrogens with zero attached hydrogens (tertiary/aromatic N) is 2. The fourth-order valence-electron chi connectivity index (χ4n) is 2.98. The molecular formula is C18H19Cl2N3O3S. The van der Waals surface area contributed by atoms with Crippen molar-refractivity contribution in [3.05, 3.63) is 58.1 Å². The van der Waals surface area contributed by atoms with Crippen molar-refractivity contribution < 1.29 is 13.2 Å². The molecule has 0 aliphatic carbocycles. The lowest BCUT2D eigenvalue weighted by Gasteiger charge is -2.36. The fraction of sp³-hybridized carbons (Fsp3) is 0.278. The molecule has 1 aliphatic heterocycles. The molecule has 0 saturated carbocycles. The Morgan fingerprint density at radius 3 is 2.33 bits per heavy atom. The van der Waals surface area contributed by atoms with E-state index in [4.69, 9.17) is 23.2 Å². The Morgan fingerprint density at radius 2 is 1.74 bits per heavy atom. The minimum atomic E-state index is -3.40. The summed E-state index contributed by atoms with van der Waals surface area (Å²) in [6.07, 6.45) is 1.05. The summed E-state index contributed by atoms with van der Waals surface area (Å²) in [5, 5.41) is 0.895. The Morgan fingerprint density at radius 1 is 1.04 bits per heavy atom. The maximum atomic E-state index is 12.8. The first-order valence-electron chi connectivity index (χ1n) is 8.30. The maximum Gasteiger partial charge on any atom is 0.255 e. The molecule has 1 aliphatic rings. The summed E-state index contributed by atoms with van der Waals surface area (Å²) < 4.78 is 25.0. The zero-order valence-electron chi connectivity index (χ0n) is 14.7. The Labute approximate surface area is 168 Å². The second-order valence-corrected chi connectivity index (χ2v) is 8.92. The lowest BCUT2D eigenvalue weighted by Crippen LogP contribution is -2.48. The second kappa shape index (κ2) is 7.96. The molecule has 0 atom stereocenters. The summed E-state index contributed by atoms with van der Waals surface area (Å²) in [6, 6.07) is 12.1. The topological polar surface area (TPSA) is 69.7 Å². The van der Waals surface area contributed by atoms with Crippen LogP contribution in [-0.2, 0) is 10.0 Å². The lowest BCUT2D eigenvalue weighted by atomic mass is 10.1. The number of nitrogens with one attached hydrogen (secondary N) is 1. The first-order valence-corrected chi connectivity index (χ1v) is 10.9. The number of hydrogen-bond donors (Lipinski definition) is 1. The third-order valence-corrected chi connectivity index (χ3v) is 5.40. The second-order valence-electron chi connectivity index (χ2n) is 6.33. The number of carbonyl (C=O) groups excluding carboxylic acids is 1. The predicted molar refractivity (Wildman–Crippen MR) is 109 cm³/mol. The third-order valence-electron chi connectivity index (χ3n) is 4.24. The Hall–Kier alpha value is -1.96. The van der Waals surface area contributed by atoms with E-state index in [1.54, 1.807) is 11.0 Å². The molecule has 0 spiro atoms. The van der Waals surface area contributed by atoms with E-state index < -0.39 is 10.0 Å². The standard InChI is InChI=1S/C18H19Cl2N3O3S/c1-27(25,26)21-14-5-6-16(17(20)12-14)18(24)23-9-7-22(8-10-23)15-4-2-3-13(19)11-15/h2-6,11-12,21H,7-10H2,1H3. The van der Waals surface area contributed by atoms with E-state index >= 15 is 0 Å². The molecule has 1 saturated heterocycles. The van der Waals surface area contributed by atoms with Gasteiger partial charge in [-0.3, -0.25) is 9.52 Å². The van der Waals surface area contributed by atoms with E-state index in [-0.39, 0.29) is 10.9 Å². The molecule has 1 amide bonds. The fourth-order valence-corrected chi connectivity index (χ4v) is 3.98. The van der Waals surface area contributed by atoms with Gasteiger partial charge in [-0.1, -0.05) is 29.3 Å². The van der Waals surface area contributed by atoms with Gasteiger partial charge >= 0.3 is 0 Å². The van der Waals surface area contributed by atoms with E-state index in [1.165, 1.54) is 12.1 Å². The van der Waals surface area contributed by atoms with Gasteiger partial charge in [0.05, 0.1) is 16.8 Å². The zero-order valence-corrected chi connectivity index (χ0v) is 17.0. The molecule has 2 aromatic rings. The molecule has 1 N–H and O–H groups in total. The number of carbonyl (C=O) groups is 1. The van der Waals surface area contributed by atoms with Crippen molar-refractivity contribution in [1.29, 1.82) is 0 Å². The molecule has 1 fully saturated rings. The van der Waals surface area contributed by atoms with Crippen LogP contribution in [0.15, 0.2) is 42.5 Å². The van der Waals surface area contributed by atoms with Crippen LogP contribution in [0.4, 0.5) is 11.4 Å². The quantitative estimate of drug-likeness (QED) is 0.811. The largest absolute Gasteiger partial charge is 0.368 e. The van der Waals surface area contributed by atoms with Crippen molar-refractivity contribution in [2.75, 3.05) is 42.1 Å². The van der Waals surface area contributed by atoms with E-state index in [9.17, 15) is 13.2 Å². The normalized spacial score (nSPS) is 14.9. The van der Waals surface area contributed by atoms with Crippen LogP contribution < -0.4 is 9.62 Å². The molecule has 144 valence electrons. The molecule has 3 rings (SSSR count). The SMILES string of the molecule is CS(=O)(=O)Nc1ccc(C(=O)N2CCN(c3cccc(Cl)c3)CC2)c(Cl)c1. The van der Waals surface area contributed by atoms with Gasteiger partial charge in [0, 0.05) is 42.6 Å². The van der Waals surface area contributed by atoms with Crippen LogP contribution in [-0.4, -0.2) is 51.7 Å². The average Bonchev–Trinajstić information content (AvgIpc) is 2.60. The molecule has 2 aromatic carbocycles. The summed E-state index contributed by atoms with van der Waals surface area (Å²) in [6.45, 7) is 2.50. The maximum absolute atomic E-state index is 12.8. The van der Waals surface area contributed by atoms with E-state index in [0.29, 0.717) is 42.5 Å². The highest BCUT2D eigenvalue weighted by Crippen LogP contribution is 2.25. The van der Waals surface area contributed by atoms with Gasteiger partial charge < -0.3 is 9.80 Å². The number of anilines is 2. The molecule has 27 heavy (non-hydrogen) atoms. The van der Waals surface area contributed by atoms with Crippen LogP contribution >= 0.6 is 23.2 Å². The molecular weight excluding hydrogens is 409 g/mol. The summed E-state index contributed by atoms with van der Waals surface area (Å²) in [4.78, 5) is 16.7. The van der Waals surface area contributed by atoms with Crippen molar-refractivity contribution in [3.63, 3.8) is 0 Å². The Balaban J connectivity index is 1.67. The van der Waals surface area contributed by atoms with Crippen LogP contribution in [0.5, 0.6) is 0 Å². The number of halogens is 2. The van der Waals surface area contributed by atoms with Gasteiger partial charge in [0.1, 0.15) is 0 Å². The van der Waals surface area contributed by atoms with E-state index in [1.807, 2.05) is 24.3 Å². The van der Waals surface area contributed by atoms with Gasteiger partial charge in [-0.05, 0) is 36.4 Å². The number of hydrogen-bond acceptors (Lipinski definition) is 4. The average molecular weight is 428 g/mol. The van der Waals surface area contributed by atoms with Crippen LogP contribution in [0.25, 0.3) is 0 Å². The molecule has 9 heteroatoms.